The molecule has 2 aromatic carbocycles. The summed E-state index contributed by atoms with van der Waals surface area (Å²) in [5.74, 6) is -2.45. The van der Waals surface area contributed by atoms with Gasteiger partial charge in [0.15, 0.2) is 0 Å². The summed E-state index contributed by atoms with van der Waals surface area (Å²) in [6.07, 6.45) is -8.01. The van der Waals surface area contributed by atoms with Gasteiger partial charge in [-0.3, -0.25) is 0 Å². The molecule has 0 heterocycles. The number of hydrogen-bond donors (Lipinski definition) is 0. The summed E-state index contributed by atoms with van der Waals surface area (Å²) in [5, 5.41) is 10.9. The van der Waals surface area contributed by atoms with Gasteiger partial charge in [0.05, 0.1) is 0 Å². The van der Waals surface area contributed by atoms with Crippen LogP contribution in [0.4, 0.5) is 22.0 Å². The fourth-order valence-corrected chi connectivity index (χ4v) is 4.71. The monoisotopic (exact) mass is 501 g/mol. The minimum Gasteiger partial charge on any atom is -0.549 e. The van der Waals surface area contributed by atoms with E-state index in [1.165, 1.54) is 0 Å². The Bertz CT molecular complexity index is 1070. The van der Waals surface area contributed by atoms with Gasteiger partial charge in [0.1, 0.15) is 11.6 Å². The molecule has 0 bridgehead atoms. The van der Waals surface area contributed by atoms with Crippen molar-refractivity contribution in [3.63, 3.8) is 0 Å². The third-order valence-electron chi connectivity index (χ3n) is 6.47. The van der Waals surface area contributed by atoms with Crippen LogP contribution in [0.5, 0.6) is 0 Å². The molecule has 34 heavy (non-hydrogen) atoms. The summed E-state index contributed by atoms with van der Waals surface area (Å²) in [5.41, 5.74) is 0.0560. The molecule has 0 spiro atoms. The number of alkyl halides is 5. The highest BCUT2D eigenvalue weighted by molar-refractivity contribution is 6.30. The number of hydrogen-bond acceptors (Lipinski definition) is 3. The molecule has 3 nitrogen and oxygen atoms in total. The molecule has 1 aliphatic rings. The van der Waals surface area contributed by atoms with Crippen LogP contribution in [0.25, 0.3) is 0 Å². The number of carboxylic acid groups (broad SMARTS) is 1. The number of carbonyl (C=O) groups is 1. The summed E-state index contributed by atoms with van der Waals surface area (Å²) in [7, 11) is 0. The number of carboxylic acids is 1. The normalized spacial score (nSPS) is 22.5. The van der Waals surface area contributed by atoms with Crippen LogP contribution in [0.2, 0.25) is 0 Å². The van der Waals surface area contributed by atoms with Gasteiger partial charge in [0.2, 0.25) is 0 Å². The van der Waals surface area contributed by atoms with Crippen LogP contribution in [0, 0.1) is 16.7 Å². The number of carbonyl (C=O) groups excluding carboxylic acids is 1. The number of halogens is 6. The molecule has 1 saturated carbocycles. The van der Waals surface area contributed by atoms with Crippen molar-refractivity contribution < 1.29 is 36.6 Å². The van der Waals surface area contributed by atoms with E-state index in [-0.39, 0.29) is 6.42 Å². The minimum absolute atomic E-state index is 0.0225. The van der Waals surface area contributed by atoms with Crippen molar-refractivity contribution in [1.82, 2.24) is 0 Å². The molecule has 1 aliphatic carbocycles. The Balaban J connectivity index is 1.84. The van der Waals surface area contributed by atoms with Gasteiger partial charge in [0.25, 0.3) is 0 Å². The van der Waals surface area contributed by atoms with Gasteiger partial charge in [-0.2, -0.15) is 22.0 Å². The molecule has 2 atom stereocenters. The Morgan fingerprint density at radius 3 is 2.21 bits per heavy atom. The van der Waals surface area contributed by atoms with Crippen LogP contribution in [-0.2, 0) is 22.4 Å². The van der Waals surface area contributed by atoms with Gasteiger partial charge < -0.3 is 14.6 Å². The molecular weight excluding hydrogens is 479 g/mol. The molecule has 2 aromatic rings. The predicted molar refractivity (Wildman–Crippen MR) is 115 cm³/mol. The van der Waals surface area contributed by atoms with Crippen LogP contribution >= 0.6 is 11.6 Å². The number of allylic oxidation sites excluding steroid dienone is 1. The van der Waals surface area contributed by atoms with E-state index in [4.69, 9.17) is 11.6 Å². The molecule has 0 saturated heterocycles. The van der Waals surface area contributed by atoms with E-state index in [1.807, 2.05) is 42.5 Å². The Hall–Kier alpha value is -2.45. The summed E-state index contributed by atoms with van der Waals surface area (Å²) in [6, 6.07) is 16.9. The van der Waals surface area contributed by atoms with Crippen molar-refractivity contribution >= 4 is 17.6 Å². The standard InChI is InChI=1S/C25H24ClF5O3/c1-22(2)19(13-20(26)25(30,31)34-15-24(27,28)29)23(22,21(32)33)14-18-10-6-9-17(12-18)11-16-7-4-3-5-8-16/h3-10,12-13,19H,11,14-15H2,1-2H3,(H,32,33)/p-1. The lowest BCUT2D eigenvalue weighted by atomic mass is 9.87. The predicted octanol–water partition coefficient (Wildman–Crippen LogP) is 5.51. The van der Waals surface area contributed by atoms with Crippen molar-refractivity contribution in [2.45, 2.75) is 39.0 Å². The maximum atomic E-state index is 14.0. The molecule has 9 heteroatoms. The summed E-state index contributed by atoms with van der Waals surface area (Å²) < 4.78 is 68.6. The zero-order chi connectivity index (χ0) is 25.4. The Morgan fingerprint density at radius 1 is 1.03 bits per heavy atom. The molecule has 0 aromatic heterocycles. The topological polar surface area (TPSA) is 49.4 Å². The zero-order valence-electron chi connectivity index (χ0n) is 18.5. The highest BCUT2D eigenvalue weighted by Crippen LogP contribution is 2.71. The fourth-order valence-electron chi connectivity index (χ4n) is 4.53. The van der Waals surface area contributed by atoms with Gasteiger partial charge in [-0.1, -0.05) is 86.1 Å². The second kappa shape index (κ2) is 9.30. The van der Waals surface area contributed by atoms with Crippen molar-refractivity contribution in [2.75, 3.05) is 6.61 Å². The van der Waals surface area contributed by atoms with Crippen LogP contribution in [0.15, 0.2) is 65.7 Å². The van der Waals surface area contributed by atoms with Crippen molar-refractivity contribution in [1.29, 1.82) is 0 Å². The SMILES string of the molecule is CC1(C)C(C=C(Cl)C(F)(F)OCC(F)(F)F)C1(Cc1cccc(Cc2ccccc2)c1)C(=O)[O-]. The zero-order valence-corrected chi connectivity index (χ0v) is 19.2. The largest absolute Gasteiger partial charge is 0.549 e. The van der Waals surface area contributed by atoms with Gasteiger partial charge in [-0.25, -0.2) is 0 Å². The van der Waals surface area contributed by atoms with Gasteiger partial charge in [-0.05, 0) is 40.9 Å². The molecule has 0 aliphatic heterocycles. The fraction of sp³-hybridized carbons (Fsp3) is 0.400. The Morgan fingerprint density at radius 2 is 1.62 bits per heavy atom. The maximum Gasteiger partial charge on any atom is 0.412 e. The molecule has 1 fully saturated rings. The maximum absolute atomic E-state index is 14.0. The van der Waals surface area contributed by atoms with Crippen molar-refractivity contribution in [3.05, 3.63) is 82.4 Å². The van der Waals surface area contributed by atoms with Crippen molar-refractivity contribution in [3.8, 4) is 0 Å². The first kappa shape index (κ1) is 26.2. The van der Waals surface area contributed by atoms with E-state index < -0.39 is 46.6 Å². The molecule has 2 unspecified atom stereocenters. The van der Waals surface area contributed by atoms with Gasteiger partial charge >= 0.3 is 12.3 Å². The first-order chi connectivity index (χ1) is 15.7. The van der Waals surface area contributed by atoms with Gasteiger partial charge in [0, 0.05) is 11.4 Å². The number of aliphatic carboxylic acids is 1. The summed E-state index contributed by atoms with van der Waals surface area (Å²) in [4.78, 5) is 12.2. The van der Waals surface area contributed by atoms with E-state index in [1.54, 1.807) is 26.0 Å². The highest BCUT2D eigenvalue weighted by Gasteiger charge is 2.70. The molecule has 0 radical (unpaired) electrons. The molecule has 0 amide bonds. The average molecular weight is 502 g/mol. The first-order valence-corrected chi connectivity index (χ1v) is 10.9. The third kappa shape index (κ3) is 5.44. The van der Waals surface area contributed by atoms with Crippen LogP contribution in [0.1, 0.15) is 30.5 Å². The molecule has 3 rings (SSSR count). The second-order valence-electron chi connectivity index (χ2n) is 9.05. The average Bonchev–Trinajstić information content (AvgIpc) is 3.21. The van der Waals surface area contributed by atoms with Crippen LogP contribution < -0.4 is 5.11 Å². The lowest BCUT2D eigenvalue weighted by Crippen LogP contribution is -2.38. The number of ether oxygens (including phenoxy) is 1. The van der Waals surface area contributed by atoms with E-state index in [2.05, 4.69) is 4.74 Å². The summed E-state index contributed by atoms with van der Waals surface area (Å²) in [6.45, 7) is 0.936. The van der Waals surface area contributed by atoms with Gasteiger partial charge in [-0.15, -0.1) is 0 Å². The number of rotatable bonds is 9. The molecule has 0 N–H and O–H groups in total. The smallest absolute Gasteiger partial charge is 0.412 e. The van der Waals surface area contributed by atoms with Crippen LogP contribution in [0.3, 0.4) is 0 Å². The molecular formula is C25H23ClF5O3-. The highest BCUT2D eigenvalue weighted by atomic mass is 35.5. The number of benzene rings is 2. The van der Waals surface area contributed by atoms with E-state index in [0.29, 0.717) is 12.0 Å². The Kier molecular flexibility index (Phi) is 7.16. The second-order valence-corrected chi connectivity index (χ2v) is 9.46. The van der Waals surface area contributed by atoms with E-state index in [9.17, 15) is 31.9 Å². The van der Waals surface area contributed by atoms with Crippen LogP contribution in [-0.4, -0.2) is 24.9 Å². The first-order valence-electron chi connectivity index (χ1n) is 10.5. The quantitative estimate of drug-likeness (QED) is 0.426. The van der Waals surface area contributed by atoms with Crippen molar-refractivity contribution in [2.24, 2.45) is 16.7 Å². The summed E-state index contributed by atoms with van der Waals surface area (Å²) >= 11 is 5.62. The lowest BCUT2D eigenvalue weighted by molar-refractivity contribution is -0.315. The Labute approximate surface area is 199 Å². The molecule has 184 valence electrons. The van der Waals surface area contributed by atoms with E-state index in [0.717, 1.165) is 17.2 Å². The lowest BCUT2D eigenvalue weighted by Gasteiger charge is -2.22. The van der Waals surface area contributed by atoms with E-state index >= 15 is 0 Å². The third-order valence-corrected chi connectivity index (χ3v) is 6.82. The minimum atomic E-state index is -4.97.